The summed E-state index contributed by atoms with van der Waals surface area (Å²) in [5.41, 5.74) is 8.01. The number of carboxylic acid groups (broad SMARTS) is 1. The largest absolute Gasteiger partial charge is 0.481 e. The van der Waals surface area contributed by atoms with E-state index in [1.165, 1.54) is 4.90 Å². The van der Waals surface area contributed by atoms with E-state index in [2.05, 4.69) is 5.32 Å². The van der Waals surface area contributed by atoms with E-state index >= 15 is 0 Å². The molecule has 1 heterocycles. The molecule has 5 N–H and O–H groups in total. The molecule has 0 spiro atoms. The predicted octanol–water partition coefficient (Wildman–Crippen LogP) is 1.21. The monoisotopic (exact) mass is 451 g/mol. The Bertz CT molecular complexity index is 994. The lowest BCUT2D eigenvalue weighted by molar-refractivity contribution is -0.139. The topological polar surface area (TPSA) is 140 Å². The molecule has 33 heavy (non-hydrogen) atoms. The Labute approximate surface area is 192 Å². The fourth-order valence-electron chi connectivity index (χ4n) is 3.82. The van der Waals surface area contributed by atoms with Crippen molar-refractivity contribution >= 4 is 29.3 Å². The molecule has 9 nitrogen and oxygen atoms in total. The lowest BCUT2D eigenvalue weighted by Crippen LogP contribution is -2.54. The summed E-state index contributed by atoms with van der Waals surface area (Å²) < 4.78 is 0. The summed E-state index contributed by atoms with van der Waals surface area (Å²) in [6, 6.07) is 16.3. The number of nitrogens with two attached hydrogens (primary N) is 1. The van der Waals surface area contributed by atoms with E-state index in [-0.39, 0.29) is 37.2 Å². The van der Waals surface area contributed by atoms with E-state index in [9.17, 15) is 19.5 Å². The number of rotatable bonds is 10. The SMILES string of the molecule is N=C(N)c1ccc(N2CCN(CC(=O)NC(CCc3ccccc3)CC(=O)O)C(=O)C2)cc1. The van der Waals surface area contributed by atoms with E-state index in [0.717, 1.165) is 11.3 Å². The first kappa shape index (κ1) is 23.8. The number of aryl methyl sites for hydroxylation is 1. The second kappa shape index (κ2) is 11.1. The fraction of sp³-hybridized carbons (Fsp3) is 0.333. The molecule has 0 aliphatic carbocycles. The van der Waals surface area contributed by atoms with Crippen LogP contribution < -0.4 is 16.0 Å². The average molecular weight is 452 g/mol. The highest BCUT2D eigenvalue weighted by Crippen LogP contribution is 2.18. The molecule has 1 fully saturated rings. The van der Waals surface area contributed by atoms with Crippen LogP contribution in [0.5, 0.6) is 0 Å². The molecule has 1 aliphatic heterocycles. The van der Waals surface area contributed by atoms with Gasteiger partial charge in [0.15, 0.2) is 0 Å². The number of amidine groups is 1. The summed E-state index contributed by atoms with van der Waals surface area (Å²) in [5, 5.41) is 19.5. The predicted molar refractivity (Wildman–Crippen MR) is 125 cm³/mol. The van der Waals surface area contributed by atoms with E-state index in [4.69, 9.17) is 11.1 Å². The van der Waals surface area contributed by atoms with Crippen LogP contribution in [-0.4, -0.2) is 65.8 Å². The van der Waals surface area contributed by atoms with Crippen LogP contribution in [0.3, 0.4) is 0 Å². The molecule has 1 unspecified atom stereocenters. The van der Waals surface area contributed by atoms with Gasteiger partial charge >= 0.3 is 5.97 Å². The van der Waals surface area contributed by atoms with E-state index in [1.54, 1.807) is 12.1 Å². The Hall–Kier alpha value is -3.88. The zero-order valence-electron chi connectivity index (χ0n) is 18.4. The minimum atomic E-state index is -0.978. The summed E-state index contributed by atoms with van der Waals surface area (Å²) in [6.45, 7) is 0.982. The summed E-state index contributed by atoms with van der Waals surface area (Å²) in [4.78, 5) is 39.8. The van der Waals surface area contributed by atoms with Crippen molar-refractivity contribution in [1.82, 2.24) is 10.2 Å². The average Bonchev–Trinajstić information content (AvgIpc) is 2.79. The van der Waals surface area contributed by atoms with Gasteiger partial charge in [0.2, 0.25) is 11.8 Å². The normalized spacial score (nSPS) is 14.6. The van der Waals surface area contributed by atoms with Crippen LogP contribution in [0.15, 0.2) is 54.6 Å². The van der Waals surface area contributed by atoms with E-state index in [1.807, 2.05) is 47.4 Å². The lowest BCUT2D eigenvalue weighted by atomic mass is 10.0. The second-order valence-electron chi connectivity index (χ2n) is 8.08. The first-order valence-electron chi connectivity index (χ1n) is 10.8. The fourth-order valence-corrected chi connectivity index (χ4v) is 3.82. The van der Waals surface area contributed by atoms with E-state index < -0.39 is 12.0 Å². The number of carbonyl (C=O) groups is 3. The van der Waals surface area contributed by atoms with Crippen LogP contribution in [0.25, 0.3) is 0 Å². The summed E-state index contributed by atoms with van der Waals surface area (Å²) in [5.74, 6) is -1.53. The molecule has 0 bridgehead atoms. The molecule has 0 aromatic heterocycles. The molecular formula is C24H29N5O4. The third-order valence-corrected chi connectivity index (χ3v) is 5.61. The van der Waals surface area contributed by atoms with Gasteiger partial charge < -0.3 is 26.0 Å². The number of nitrogen functional groups attached to an aromatic ring is 1. The maximum Gasteiger partial charge on any atom is 0.305 e. The number of carbonyl (C=O) groups excluding carboxylic acids is 2. The third kappa shape index (κ3) is 7.06. The lowest BCUT2D eigenvalue weighted by Gasteiger charge is -2.35. The van der Waals surface area contributed by atoms with Crippen molar-refractivity contribution in [3.63, 3.8) is 0 Å². The summed E-state index contributed by atoms with van der Waals surface area (Å²) >= 11 is 0. The van der Waals surface area contributed by atoms with Gasteiger partial charge in [-0.15, -0.1) is 0 Å². The molecule has 1 aliphatic rings. The van der Waals surface area contributed by atoms with Gasteiger partial charge in [-0.05, 0) is 42.7 Å². The van der Waals surface area contributed by atoms with Gasteiger partial charge in [-0.25, -0.2) is 0 Å². The van der Waals surface area contributed by atoms with Crippen LogP contribution in [0, 0.1) is 5.41 Å². The van der Waals surface area contributed by atoms with Crippen LogP contribution in [0.1, 0.15) is 24.0 Å². The number of aliphatic carboxylic acids is 1. The molecule has 2 aromatic rings. The first-order chi connectivity index (χ1) is 15.8. The van der Waals surface area contributed by atoms with Gasteiger partial charge in [0, 0.05) is 30.4 Å². The zero-order valence-corrected chi connectivity index (χ0v) is 18.4. The van der Waals surface area contributed by atoms with Crippen molar-refractivity contribution in [2.24, 2.45) is 5.73 Å². The number of piperazine rings is 1. The van der Waals surface area contributed by atoms with Crippen LogP contribution >= 0.6 is 0 Å². The third-order valence-electron chi connectivity index (χ3n) is 5.61. The Kier molecular flexibility index (Phi) is 8.01. The maximum atomic E-state index is 12.6. The molecule has 1 atom stereocenters. The molecule has 174 valence electrons. The first-order valence-corrected chi connectivity index (χ1v) is 10.8. The molecule has 3 rings (SSSR count). The Morgan fingerprint density at radius 2 is 1.79 bits per heavy atom. The number of hydrogen-bond donors (Lipinski definition) is 4. The van der Waals surface area contributed by atoms with Crippen LogP contribution in [-0.2, 0) is 20.8 Å². The van der Waals surface area contributed by atoms with Crippen molar-refractivity contribution < 1.29 is 19.5 Å². The smallest absolute Gasteiger partial charge is 0.305 e. The molecule has 9 heteroatoms. The molecule has 2 amide bonds. The number of benzene rings is 2. The number of nitrogens with zero attached hydrogens (tertiary/aromatic N) is 2. The Morgan fingerprint density at radius 3 is 2.39 bits per heavy atom. The Balaban J connectivity index is 1.51. The number of carboxylic acids is 1. The van der Waals surface area contributed by atoms with Gasteiger partial charge in [-0.1, -0.05) is 30.3 Å². The number of anilines is 1. The summed E-state index contributed by atoms with van der Waals surface area (Å²) in [7, 11) is 0. The molecule has 1 saturated heterocycles. The van der Waals surface area contributed by atoms with Crippen LogP contribution in [0.4, 0.5) is 5.69 Å². The van der Waals surface area contributed by atoms with Crippen molar-refractivity contribution in [2.45, 2.75) is 25.3 Å². The number of nitrogens with one attached hydrogen (secondary N) is 2. The standard InChI is InChI=1S/C24H29N5O4/c25-24(26)18-7-10-20(11-8-18)28-12-13-29(22(31)16-28)15-21(30)27-19(14-23(32)33)9-6-17-4-2-1-3-5-17/h1-5,7-8,10-11,19H,6,9,12-16H2,(H3,25,26)(H,27,30)(H,32,33). The highest BCUT2D eigenvalue weighted by Gasteiger charge is 2.26. The molecule has 2 aromatic carbocycles. The van der Waals surface area contributed by atoms with Crippen molar-refractivity contribution in [1.29, 1.82) is 5.41 Å². The highest BCUT2D eigenvalue weighted by molar-refractivity contribution is 5.95. The summed E-state index contributed by atoms with van der Waals surface area (Å²) in [6.07, 6.45) is 0.982. The second-order valence-corrected chi connectivity index (χ2v) is 8.08. The zero-order chi connectivity index (χ0) is 23.8. The molecular weight excluding hydrogens is 422 g/mol. The van der Waals surface area contributed by atoms with Crippen molar-refractivity contribution in [3.05, 3.63) is 65.7 Å². The van der Waals surface area contributed by atoms with E-state index in [0.29, 0.717) is 31.5 Å². The van der Waals surface area contributed by atoms with Gasteiger partial charge in [0.1, 0.15) is 5.84 Å². The number of amides is 2. The minimum Gasteiger partial charge on any atom is -0.481 e. The van der Waals surface area contributed by atoms with Gasteiger partial charge in [-0.3, -0.25) is 19.8 Å². The molecule has 0 saturated carbocycles. The highest BCUT2D eigenvalue weighted by atomic mass is 16.4. The number of hydrogen-bond acceptors (Lipinski definition) is 5. The van der Waals surface area contributed by atoms with Crippen molar-refractivity contribution in [3.8, 4) is 0 Å². The van der Waals surface area contributed by atoms with Crippen LogP contribution in [0.2, 0.25) is 0 Å². The van der Waals surface area contributed by atoms with Gasteiger partial charge in [0.25, 0.3) is 0 Å². The molecule has 0 radical (unpaired) electrons. The van der Waals surface area contributed by atoms with Gasteiger partial charge in [0.05, 0.1) is 19.5 Å². The van der Waals surface area contributed by atoms with Gasteiger partial charge in [-0.2, -0.15) is 0 Å². The quantitative estimate of drug-likeness (QED) is 0.316. The minimum absolute atomic E-state index is 0.0153. The Morgan fingerprint density at radius 1 is 1.09 bits per heavy atom. The maximum absolute atomic E-state index is 12.6. The van der Waals surface area contributed by atoms with Crippen molar-refractivity contribution in [2.75, 3.05) is 31.1 Å².